The molecule has 0 radical (unpaired) electrons. The molecule has 0 amide bonds. The molecule has 35 heavy (non-hydrogen) atoms. The van der Waals surface area contributed by atoms with Crippen LogP contribution in [0.1, 0.15) is 20.7 Å². The molecule has 0 fully saturated rings. The summed E-state index contributed by atoms with van der Waals surface area (Å²) in [6.45, 7) is 0. The third-order valence-corrected chi connectivity index (χ3v) is 7.43. The minimum Gasteiger partial charge on any atom is -0.545 e. The molecule has 188 valence electrons. The van der Waals surface area contributed by atoms with E-state index in [1.807, 2.05) is 0 Å². The van der Waals surface area contributed by atoms with Gasteiger partial charge in [0.05, 0.1) is 11.9 Å². The SMILES string of the molecule is O=C([O-])c1cccc(S(=O)(=O)O)c1S(=O)(=O)O.O=C([O-])c1cccc(S(=O)(=O)O)c1S(=O)(=O)O.[Ca+2]. The number of carbonyl (C=O) groups excluding carboxylic acids is 2. The van der Waals surface area contributed by atoms with Gasteiger partial charge in [0.1, 0.15) is 19.6 Å². The van der Waals surface area contributed by atoms with E-state index in [0.717, 1.165) is 12.1 Å². The van der Waals surface area contributed by atoms with Crippen LogP contribution in [0.2, 0.25) is 0 Å². The van der Waals surface area contributed by atoms with Crippen LogP contribution in [-0.4, -0.2) is 102 Å². The van der Waals surface area contributed by atoms with Gasteiger partial charge < -0.3 is 19.8 Å². The molecule has 0 unspecified atom stereocenters. The van der Waals surface area contributed by atoms with E-state index >= 15 is 0 Å². The van der Waals surface area contributed by atoms with Crippen LogP contribution in [0.4, 0.5) is 0 Å². The van der Waals surface area contributed by atoms with Gasteiger partial charge >= 0.3 is 37.7 Å². The Morgan fingerprint density at radius 2 is 0.800 bits per heavy atom. The third kappa shape index (κ3) is 8.71. The van der Waals surface area contributed by atoms with Crippen molar-refractivity contribution < 1.29 is 71.7 Å². The maximum Gasteiger partial charge on any atom is 2.00 e. The van der Waals surface area contributed by atoms with Crippen LogP contribution in [0.5, 0.6) is 0 Å². The molecular formula is C14H10CaO16S4. The van der Waals surface area contributed by atoms with E-state index in [1.165, 1.54) is 0 Å². The fourth-order valence-electron chi connectivity index (χ4n) is 2.29. The first-order valence-corrected chi connectivity index (χ1v) is 13.4. The maximum absolute atomic E-state index is 10.9. The van der Waals surface area contributed by atoms with Crippen molar-refractivity contribution in [2.24, 2.45) is 0 Å². The number of hydrogen-bond acceptors (Lipinski definition) is 12. The van der Waals surface area contributed by atoms with Gasteiger partial charge in [0, 0.05) is 11.1 Å². The van der Waals surface area contributed by atoms with Crippen molar-refractivity contribution in [1.29, 1.82) is 0 Å². The van der Waals surface area contributed by atoms with Crippen molar-refractivity contribution in [2.45, 2.75) is 19.6 Å². The zero-order chi connectivity index (χ0) is 26.9. The summed E-state index contributed by atoms with van der Waals surface area (Å²) in [5.74, 6) is -4.02. The molecule has 0 aliphatic rings. The van der Waals surface area contributed by atoms with Gasteiger partial charge in [0.25, 0.3) is 40.5 Å². The summed E-state index contributed by atoms with van der Waals surface area (Å²) in [5, 5.41) is 21.2. The van der Waals surface area contributed by atoms with Crippen molar-refractivity contribution in [3.63, 3.8) is 0 Å². The summed E-state index contributed by atoms with van der Waals surface area (Å²) in [6, 6.07) is 4.45. The molecule has 16 nitrogen and oxygen atoms in total. The second kappa shape index (κ2) is 11.6. The van der Waals surface area contributed by atoms with E-state index in [9.17, 15) is 53.5 Å². The van der Waals surface area contributed by atoms with Crippen molar-refractivity contribution >= 4 is 90.1 Å². The van der Waals surface area contributed by atoms with Crippen LogP contribution in [-0.2, 0) is 40.5 Å². The predicted molar refractivity (Wildman–Crippen MR) is 107 cm³/mol. The Kier molecular flexibility index (Phi) is 11.0. The maximum atomic E-state index is 10.9. The van der Waals surface area contributed by atoms with E-state index in [-0.39, 0.29) is 37.7 Å². The number of carbonyl (C=O) groups is 2. The zero-order valence-electron chi connectivity index (χ0n) is 16.5. The van der Waals surface area contributed by atoms with E-state index in [0.29, 0.717) is 24.3 Å². The molecule has 2 aromatic rings. The molecule has 0 saturated carbocycles. The normalized spacial score (nSPS) is 12.0. The fraction of sp³-hybridized carbons (Fsp3) is 0. The van der Waals surface area contributed by atoms with Crippen molar-refractivity contribution in [2.75, 3.05) is 0 Å². The van der Waals surface area contributed by atoms with Crippen LogP contribution in [0.3, 0.4) is 0 Å². The summed E-state index contributed by atoms with van der Waals surface area (Å²) in [6.07, 6.45) is 0. The number of benzene rings is 2. The summed E-state index contributed by atoms with van der Waals surface area (Å²) < 4.78 is 122. The Morgan fingerprint density at radius 1 is 0.543 bits per heavy atom. The number of carboxylic acids is 2. The number of rotatable bonds is 6. The van der Waals surface area contributed by atoms with Crippen LogP contribution < -0.4 is 10.2 Å². The molecule has 0 bridgehead atoms. The minimum absolute atomic E-state index is 0. The van der Waals surface area contributed by atoms with E-state index in [4.69, 9.17) is 18.2 Å². The second-order valence-electron chi connectivity index (χ2n) is 5.74. The molecule has 0 aliphatic carbocycles. The van der Waals surface area contributed by atoms with E-state index in [1.54, 1.807) is 0 Å². The quantitative estimate of drug-likeness (QED) is 0.186. The summed E-state index contributed by atoms with van der Waals surface area (Å²) >= 11 is 0. The topological polar surface area (TPSA) is 298 Å². The van der Waals surface area contributed by atoms with Gasteiger partial charge in [-0.3, -0.25) is 18.2 Å². The first-order chi connectivity index (χ1) is 15.1. The number of hydrogen-bond donors (Lipinski definition) is 4. The van der Waals surface area contributed by atoms with Crippen LogP contribution in [0.25, 0.3) is 0 Å². The van der Waals surface area contributed by atoms with Gasteiger partial charge in [-0.1, -0.05) is 24.3 Å². The number of aromatic carboxylic acids is 2. The first kappa shape index (κ1) is 33.3. The molecule has 4 N–H and O–H groups in total. The predicted octanol–water partition coefficient (Wildman–Crippen LogP) is -3.29. The second-order valence-corrected chi connectivity index (χ2v) is 11.2. The minimum atomic E-state index is -5.15. The van der Waals surface area contributed by atoms with Gasteiger partial charge in [0.2, 0.25) is 0 Å². The summed E-state index contributed by atoms with van der Waals surface area (Å²) in [5.41, 5.74) is -2.13. The average molecular weight is 603 g/mol. The molecule has 0 aromatic heterocycles. The van der Waals surface area contributed by atoms with Gasteiger partial charge in [-0.05, 0) is 12.1 Å². The zero-order valence-corrected chi connectivity index (χ0v) is 22.0. The van der Waals surface area contributed by atoms with Crippen LogP contribution in [0, 0.1) is 0 Å². The van der Waals surface area contributed by atoms with Crippen LogP contribution >= 0.6 is 0 Å². The molecule has 2 rings (SSSR count). The Labute approximate surface area is 227 Å². The Balaban J connectivity index is 0.000000642. The Bertz CT molecular complexity index is 1470. The molecule has 0 aliphatic heterocycles. The average Bonchev–Trinajstić information content (AvgIpc) is 2.64. The van der Waals surface area contributed by atoms with Crippen molar-refractivity contribution in [1.82, 2.24) is 0 Å². The standard InChI is InChI=1S/2C7H6O8S2.Ca/c2*8-7(9)4-2-1-3-5(16(10,11)12)6(4)17(13,14)15;/h2*1-3H,(H,8,9)(H,10,11,12)(H,13,14,15);/q;;+2/p-2. The van der Waals surface area contributed by atoms with Crippen LogP contribution in [0.15, 0.2) is 56.0 Å². The molecule has 0 heterocycles. The number of carboxylic acid groups (broad SMARTS) is 2. The molecular weight excluding hydrogens is 592 g/mol. The van der Waals surface area contributed by atoms with E-state index < -0.39 is 83.1 Å². The molecule has 2 aromatic carbocycles. The molecule has 21 heteroatoms. The summed E-state index contributed by atoms with van der Waals surface area (Å²) in [4.78, 5) is 15.8. The van der Waals surface area contributed by atoms with Gasteiger partial charge in [-0.25, -0.2) is 0 Å². The molecule has 0 atom stereocenters. The van der Waals surface area contributed by atoms with Gasteiger partial charge in [-0.15, -0.1) is 0 Å². The smallest absolute Gasteiger partial charge is 0.545 e. The summed E-state index contributed by atoms with van der Waals surface area (Å²) in [7, 11) is -20.3. The van der Waals surface area contributed by atoms with Crippen molar-refractivity contribution in [3.8, 4) is 0 Å². The van der Waals surface area contributed by atoms with Crippen molar-refractivity contribution in [3.05, 3.63) is 47.5 Å². The first-order valence-electron chi connectivity index (χ1n) is 7.68. The van der Waals surface area contributed by atoms with Gasteiger partial charge in [0.15, 0.2) is 0 Å². The van der Waals surface area contributed by atoms with E-state index in [2.05, 4.69) is 0 Å². The largest absolute Gasteiger partial charge is 2.00 e. The monoisotopic (exact) mass is 602 g/mol. The Hall–Kier alpha value is -1.72. The Morgan fingerprint density at radius 3 is 0.971 bits per heavy atom. The van der Waals surface area contributed by atoms with Gasteiger partial charge in [-0.2, -0.15) is 33.7 Å². The third-order valence-electron chi connectivity index (χ3n) is 3.47. The molecule has 0 spiro atoms. The molecule has 0 saturated heterocycles. The fourth-order valence-corrected chi connectivity index (χ4v) is 6.25.